The molecule has 1 fully saturated rings. The number of carbonyl (C=O) groups is 1. The maximum Gasteiger partial charge on any atom is 0.259 e. The lowest BCUT2D eigenvalue weighted by atomic mass is 9.98. The van der Waals surface area contributed by atoms with E-state index in [1.807, 2.05) is 0 Å². The van der Waals surface area contributed by atoms with E-state index in [4.69, 9.17) is 10.00 Å². The molecule has 0 aliphatic heterocycles. The smallest absolute Gasteiger partial charge is 0.259 e. The Morgan fingerprint density at radius 1 is 1.58 bits per heavy atom. The molecule has 1 aliphatic rings. The molecule has 0 heterocycles. The second-order valence-electron chi connectivity index (χ2n) is 4.86. The van der Waals surface area contributed by atoms with Gasteiger partial charge in [-0.1, -0.05) is 12.1 Å². The molecular formula is C14H15FN2O2. The van der Waals surface area contributed by atoms with Crippen molar-refractivity contribution in [3.63, 3.8) is 0 Å². The average Bonchev–Trinajstić information content (AvgIpc) is 3.22. The summed E-state index contributed by atoms with van der Waals surface area (Å²) in [6.45, 7) is 1.40. The van der Waals surface area contributed by atoms with Crippen molar-refractivity contribution in [1.29, 1.82) is 5.26 Å². The second-order valence-corrected chi connectivity index (χ2v) is 4.86. The first-order valence-corrected chi connectivity index (χ1v) is 6.15. The van der Waals surface area contributed by atoms with E-state index in [2.05, 4.69) is 11.4 Å². The van der Waals surface area contributed by atoms with Gasteiger partial charge in [0.05, 0.1) is 6.07 Å². The summed E-state index contributed by atoms with van der Waals surface area (Å²) < 4.78 is 18.4. The molecule has 100 valence electrons. The lowest BCUT2D eigenvalue weighted by Gasteiger charge is -2.22. The van der Waals surface area contributed by atoms with Crippen LogP contribution in [0.5, 0.6) is 5.75 Å². The molecule has 1 atom stereocenters. The highest BCUT2D eigenvalue weighted by atomic mass is 19.1. The number of nitrogens with zero attached hydrogens (tertiary/aromatic N) is 1. The van der Waals surface area contributed by atoms with Crippen molar-refractivity contribution in [3.05, 3.63) is 30.1 Å². The van der Waals surface area contributed by atoms with Crippen LogP contribution >= 0.6 is 0 Å². The van der Waals surface area contributed by atoms with Gasteiger partial charge in [0.15, 0.2) is 18.2 Å². The molecule has 1 saturated carbocycles. The zero-order valence-electron chi connectivity index (χ0n) is 10.6. The third kappa shape index (κ3) is 3.22. The Bertz CT molecular complexity index is 522. The Morgan fingerprint density at radius 3 is 2.84 bits per heavy atom. The zero-order valence-corrected chi connectivity index (χ0v) is 10.6. The first-order chi connectivity index (χ1) is 9.05. The highest BCUT2D eigenvalue weighted by Gasteiger charge is 2.43. The van der Waals surface area contributed by atoms with Crippen LogP contribution in [-0.2, 0) is 4.79 Å². The molecule has 1 N–H and O–H groups in total. The number of nitriles is 1. The molecule has 4 nitrogen and oxygen atoms in total. The van der Waals surface area contributed by atoms with E-state index in [9.17, 15) is 9.18 Å². The summed E-state index contributed by atoms with van der Waals surface area (Å²) >= 11 is 0. The normalized spacial score (nSPS) is 17.1. The van der Waals surface area contributed by atoms with Crippen LogP contribution in [0.15, 0.2) is 24.3 Å². The van der Waals surface area contributed by atoms with E-state index < -0.39 is 17.3 Å². The SMILES string of the molecule is C[C@@](C#N)(NC(=O)COc1ccccc1F)C1CC1. The molecule has 0 aromatic heterocycles. The number of para-hydroxylation sites is 1. The Morgan fingerprint density at radius 2 is 2.26 bits per heavy atom. The Kier molecular flexibility index (Phi) is 3.70. The zero-order chi connectivity index (χ0) is 13.9. The van der Waals surface area contributed by atoms with E-state index in [1.165, 1.54) is 12.1 Å². The van der Waals surface area contributed by atoms with Crippen LogP contribution < -0.4 is 10.1 Å². The summed E-state index contributed by atoms with van der Waals surface area (Å²) in [6, 6.07) is 8.00. The van der Waals surface area contributed by atoms with Crippen LogP contribution in [-0.4, -0.2) is 18.1 Å². The third-order valence-corrected chi connectivity index (χ3v) is 3.22. The number of benzene rings is 1. The fourth-order valence-electron chi connectivity index (χ4n) is 1.91. The lowest BCUT2D eigenvalue weighted by molar-refractivity contribution is -0.124. The van der Waals surface area contributed by atoms with Crippen molar-refractivity contribution in [3.8, 4) is 11.8 Å². The number of nitrogens with one attached hydrogen (secondary N) is 1. The largest absolute Gasteiger partial charge is 0.481 e. The molecule has 1 aliphatic carbocycles. The molecule has 5 heteroatoms. The topological polar surface area (TPSA) is 62.1 Å². The maximum atomic E-state index is 13.3. The van der Waals surface area contributed by atoms with Gasteiger partial charge in [0.2, 0.25) is 0 Å². The highest BCUT2D eigenvalue weighted by molar-refractivity contribution is 5.79. The fraction of sp³-hybridized carbons (Fsp3) is 0.429. The summed E-state index contributed by atoms with van der Waals surface area (Å²) in [5.74, 6) is -0.697. The standard InChI is InChI=1S/C14H15FN2O2/c1-14(9-16,10-6-7-10)17-13(18)8-19-12-5-3-2-4-11(12)15/h2-5,10H,6-8H2,1H3,(H,17,18)/t14-/m0/s1. The number of hydrogen-bond acceptors (Lipinski definition) is 3. The monoisotopic (exact) mass is 262 g/mol. The van der Waals surface area contributed by atoms with Gasteiger partial charge >= 0.3 is 0 Å². The number of amides is 1. The van der Waals surface area contributed by atoms with E-state index in [-0.39, 0.29) is 18.3 Å². The van der Waals surface area contributed by atoms with Crippen molar-refractivity contribution in [2.75, 3.05) is 6.61 Å². The van der Waals surface area contributed by atoms with Crippen molar-refractivity contribution < 1.29 is 13.9 Å². The molecule has 1 aromatic carbocycles. The second kappa shape index (κ2) is 5.27. The van der Waals surface area contributed by atoms with Gasteiger partial charge in [-0.25, -0.2) is 4.39 Å². The minimum Gasteiger partial charge on any atom is -0.481 e. The van der Waals surface area contributed by atoms with Crippen molar-refractivity contribution >= 4 is 5.91 Å². The van der Waals surface area contributed by atoms with Gasteiger partial charge in [-0.15, -0.1) is 0 Å². The highest BCUT2D eigenvalue weighted by Crippen LogP contribution is 2.39. The average molecular weight is 262 g/mol. The first kappa shape index (κ1) is 13.3. The molecule has 0 bridgehead atoms. The van der Waals surface area contributed by atoms with Crippen LogP contribution in [0, 0.1) is 23.1 Å². The summed E-state index contributed by atoms with van der Waals surface area (Å²) in [6.07, 6.45) is 1.89. The molecule has 2 rings (SSSR count). The van der Waals surface area contributed by atoms with Gasteiger partial charge in [-0.2, -0.15) is 5.26 Å². The predicted molar refractivity (Wildman–Crippen MR) is 66.8 cm³/mol. The minimum absolute atomic E-state index is 0.0303. The molecule has 1 amide bonds. The van der Waals surface area contributed by atoms with E-state index in [0.717, 1.165) is 12.8 Å². The molecule has 0 spiro atoms. The van der Waals surface area contributed by atoms with Crippen LogP contribution in [0.2, 0.25) is 0 Å². The summed E-state index contributed by atoms with van der Waals surface area (Å²) in [5.41, 5.74) is -0.852. The van der Waals surface area contributed by atoms with E-state index in [1.54, 1.807) is 19.1 Å². The van der Waals surface area contributed by atoms with Crippen LogP contribution in [0.1, 0.15) is 19.8 Å². The number of hydrogen-bond donors (Lipinski definition) is 1. The molecule has 19 heavy (non-hydrogen) atoms. The van der Waals surface area contributed by atoms with Crippen LogP contribution in [0.25, 0.3) is 0 Å². The van der Waals surface area contributed by atoms with Gasteiger partial charge in [-0.3, -0.25) is 4.79 Å². The molecular weight excluding hydrogens is 247 g/mol. The van der Waals surface area contributed by atoms with Crippen molar-refractivity contribution in [1.82, 2.24) is 5.32 Å². The van der Waals surface area contributed by atoms with Gasteiger partial charge in [0, 0.05) is 0 Å². The lowest BCUT2D eigenvalue weighted by Crippen LogP contribution is -2.48. The first-order valence-electron chi connectivity index (χ1n) is 6.15. The number of carbonyl (C=O) groups excluding carboxylic acids is 1. The summed E-state index contributed by atoms with van der Waals surface area (Å²) in [7, 11) is 0. The van der Waals surface area contributed by atoms with Crippen molar-refractivity contribution in [2.24, 2.45) is 5.92 Å². The fourth-order valence-corrected chi connectivity index (χ4v) is 1.91. The van der Waals surface area contributed by atoms with Gasteiger partial charge in [-0.05, 0) is 37.8 Å². The number of rotatable bonds is 5. The Balaban J connectivity index is 1.88. The van der Waals surface area contributed by atoms with Gasteiger partial charge < -0.3 is 10.1 Å². The maximum absolute atomic E-state index is 13.3. The van der Waals surface area contributed by atoms with Gasteiger partial charge in [0.25, 0.3) is 5.91 Å². The van der Waals surface area contributed by atoms with Gasteiger partial charge in [0.1, 0.15) is 5.54 Å². The van der Waals surface area contributed by atoms with Crippen molar-refractivity contribution in [2.45, 2.75) is 25.3 Å². The molecule has 0 unspecified atom stereocenters. The Labute approximate surface area is 111 Å². The molecule has 0 saturated heterocycles. The quantitative estimate of drug-likeness (QED) is 0.883. The van der Waals surface area contributed by atoms with Crippen LogP contribution in [0.3, 0.4) is 0 Å². The molecule has 1 aromatic rings. The summed E-state index contributed by atoms with van der Waals surface area (Å²) in [5, 5.41) is 11.8. The summed E-state index contributed by atoms with van der Waals surface area (Å²) in [4.78, 5) is 11.7. The van der Waals surface area contributed by atoms with Crippen LogP contribution in [0.4, 0.5) is 4.39 Å². The molecule has 0 radical (unpaired) electrons. The third-order valence-electron chi connectivity index (χ3n) is 3.22. The van der Waals surface area contributed by atoms with E-state index in [0.29, 0.717) is 0 Å². The number of halogens is 1. The van der Waals surface area contributed by atoms with E-state index >= 15 is 0 Å². The minimum atomic E-state index is -0.852. The Hall–Kier alpha value is -2.09. The number of ether oxygens (including phenoxy) is 1. The predicted octanol–water partition coefficient (Wildman–Crippen LogP) is 2.01.